The molecule has 0 amide bonds. The van der Waals surface area contributed by atoms with E-state index >= 15 is 0 Å². The van der Waals surface area contributed by atoms with Crippen LogP contribution in [0.25, 0.3) is 0 Å². The van der Waals surface area contributed by atoms with Crippen molar-refractivity contribution < 1.29 is 4.92 Å². The van der Waals surface area contributed by atoms with Crippen molar-refractivity contribution in [2.45, 2.75) is 52.1 Å². The Labute approximate surface area is 126 Å². The zero-order valence-electron chi connectivity index (χ0n) is 13.0. The molecule has 1 atom stereocenters. The van der Waals surface area contributed by atoms with Gasteiger partial charge in [0.1, 0.15) is 5.69 Å². The number of anilines is 1. The SMILES string of the molecule is CCNc1cc(CN2CCCCC2CC)ccc1[N+](=O)[O-]. The Morgan fingerprint density at radius 1 is 1.38 bits per heavy atom. The maximum atomic E-state index is 11.1. The van der Waals surface area contributed by atoms with E-state index in [0.717, 1.165) is 18.7 Å². The first-order valence-electron chi connectivity index (χ1n) is 7.91. The molecule has 0 aromatic heterocycles. The molecule has 5 heteroatoms. The molecular formula is C16H25N3O2. The number of hydrogen-bond acceptors (Lipinski definition) is 4. The Kier molecular flexibility index (Phi) is 5.56. The number of nitro benzene ring substituents is 1. The number of piperidine rings is 1. The molecular weight excluding hydrogens is 266 g/mol. The molecule has 1 N–H and O–H groups in total. The van der Waals surface area contributed by atoms with Crippen LogP contribution in [-0.2, 0) is 6.54 Å². The van der Waals surface area contributed by atoms with Gasteiger partial charge in [-0.2, -0.15) is 0 Å². The molecule has 0 spiro atoms. The zero-order chi connectivity index (χ0) is 15.2. The molecule has 1 aromatic carbocycles. The molecule has 0 bridgehead atoms. The van der Waals surface area contributed by atoms with Crippen molar-refractivity contribution in [1.29, 1.82) is 0 Å². The summed E-state index contributed by atoms with van der Waals surface area (Å²) in [6, 6.07) is 6.10. The third kappa shape index (κ3) is 3.94. The average Bonchev–Trinajstić information content (AvgIpc) is 2.48. The van der Waals surface area contributed by atoms with Crippen molar-refractivity contribution in [1.82, 2.24) is 4.90 Å². The van der Waals surface area contributed by atoms with Crippen LogP contribution in [0.15, 0.2) is 18.2 Å². The second-order valence-electron chi connectivity index (χ2n) is 5.67. The number of nitrogens with zero attached hydrogens (tertiary/aromatic N) is 2. The van der Waals surface area contributed by atoms with Crippen LogP contribution in [-0.4, -0.2) is 29.0 Å². The summed E-state index contributed by atoms with van der Waals surface area (Å²) in [4.78, 5) is 13.2. The standard InChI is InChI=1S/C16H25N3O2/c1-3-14-7-5-6-10-18(14)12-13-8-9-16(19(20)21)15(11-13)17-4-2/h8-9,11,14,17H,3-7,10,12H2,1-2H3. The number of hydrogen-bond donors (Lipinski definition) is 1. The summed E-state index contributed by atoms with van der Waals surface area (Å²) in [6.45, 7) is 6.89. The van der Waals surface area contributed by atoms with Gasteiger partial charge in [0.25, 0.3) is 5.69 Å². The molecule has 2 rings (SSSR count). The molecule has 1 aromatic rings. The van der Waals surface area contributed by atoms with E-state index in [-0.39, 0.29) is 10.6 Å². The highest BCUT2D eigenvalue weighted by Gasteiger charge is 2.21. The average molecular weight is 291 g/mol. The Balaban J connectivity index is 2.16. The molecule has 1 fully saturated rings. The second-order valence-corrected chi connectivity index (χ2v) is 5.67. The lowest BCUT2D eigenvalue weighted by Crippen LogP contribution is -2.38. The predicted octanol–water partition coefficient (Wildman–Crippen LogP) is 3.79. The van der Waals surface area contributed by atoms with Crippen LogP contribution in [0.2, 0.25) is 0 Å². The second kappa shape index (κ2) is 7.41. The molecule has 116 valence electrons. The lowest BCUT2D eigenvalue weighted by Gasteiger charge is -2.35. The highest BCUT2D eigenvalue weighted by molar-refractivity contribution is 5.62. The van der Waals surface area contributed by atoms with Crippen molar-refractivity contribution >= 4 is 11.4 Å². The van der Waals surface area contributed by atoms with Crippen molar-refractivity contribution in [2.75, 3.05) is 18.4 Å². The van der Waals surface area contributed by atoms with E-state index in [1.807, 2.05) is 19.1 Å². The van der Waals surface area contributed by atoms with Crippen LogP contribution in [0.1, 0.15) is 45.1 Å². The highest BCUT2D eigenvalue weighted by atomic mass is 16.6. The van der Waals surface area contributed by atoms with E-state index in [1.54, 1.807) is 6.07 Å². The third-order valence-corrected chi connectivity index (χ3v) is 4.23. The lowest BCUT2D eigenvalue weighted by molar-refractivity contribution is -0.384. The van der Waals surface area contributed by atoms with Crippen molar-refractivity contribution in [3.8, 4) is 0 Å². The van der Waals surface area contributed by atoms with Gasteiger partial charge in [-0.15, -0.1) is 0 Å². The summed E-state index contributed by atoms with van der Waals surface area (Å²) in [5.41, 5.74) is 1.94. The van der Waals surface area contributed by atoms with Gasteiger partial charge in [0.2, 0.25) is 0 Å². The first-order valence-corrected chi connectivity index (χ1v) is 7.91. The van der Waals surface area contributed by atoms with Gasteiger partial charge in [-0.1, -0.05) is 19.4 Å². The fourth-order valence-corrected chi connectivity index (χ4v) is 3.14. The minimum Gasteiger partial charge on any atom is -0.380 e. The smallest absolute Gasteiger partial charge is 0.292 e. The van der Waals surface area contributed by atoms with Gasteiger partial charge in [0.15, 0.2) is 0 Å². The van der Waals surface area contributed by atoms with Gasteiger partial charge in [-0.3, -0.25) is 15.0 Å². The van der Waals surface area contributed by atoms with Crippen LogP contribution in [0.3, 0.4) is 0 Å². The summed E-state index contributed by atoms with van der Waals surface area (Å²) in [5.74, 6) is 0. The Bertz CT molecular complexity index is 490. The zero-order valence-corrected chi connectivity index (χ0v) is 13.0. The largest absolute Gasteiger partial charge is 0.380 e. The summed E-state index contributed by atoms with van der Waals surface area (Å²) in [6.07, 6.45) is 5.01. The molecule has 0 aliphatic carbocycles. The first kappa shape index (κ1) is 15.8. The number of nitro groups is 1. The Hall–Kier alpha value is -1.62. The minimum absolute atomic E-state index is 0.159. The van der Waals surface area contributed by atoms with Crippen LogP contribution >= 0.6 is 0 Å². The Morgan fingerprint density at radius 2 is 2.19 bits per heavy atom. The van der Waals surface area contributed by atoms with E-state index in [0.29, 0.717) is 18.3 Å². The first-order chi connectivity index (χ1) is 10.2. The van der Waals surface area contributed by atoms with Crippen LogP contribution in [0.5, 0.6) is 0 Å². The van der Waals surface area contributed by atoms with Crippen molar-refractivity contribution in [3.05, 3.63) is 33.9 Å². The molecule has 0 saturated carbocycles. The summed E-state index contributed by atoms with van der Waals surface area (Å²) in [5, 5.41) is 14.2. The number of nitrogens with one attached hydrogen (secondary N) is 1. The van der Waals surface area contributed by atoms with Gasteiger partial charge in [-0.05, 0) is 44.4 Å². The molecule has 1 aliphatic heterocycles. The number of benzene rings is 1. The number of likely N-dealkylation sites (tertiary alicyclic amines) is 1. The normalized spacial score (nSPS) is 19.4. The maximum absolute atomic E-state index is 11.1. The van der Waals surface area contributed by atoms with Crippen LogP contribution < -0.4 is 5.32 Å². The Morgan fingerprint density at radius 3 is 2.86 bits per heavy atom. The quantitative estimate of drug-likeness (QED) is 0.640. The summed E-state index contributed by atoms with van der Waals surface area (Å²) in [7, 11) is 0. The van der Waals surface area contributed by atoms with Crippen molar-refractivity contribution in [2.24, 2.45) is 0 Å². The monoisotopic (exact) mass is 291 g/mol. The fraction of sp³-hybridized carbons (Fsp3) is 0.625. The van der Waals surface area contributed by atoms with Gasteiger partial charge in [-0.25, -0.2) is 0 Å². The van der Waals surface area contributed by atoms with E-state index < -0.39 is 0 Å². The molecule has 5 nitrogen and oxygen atoms in total. The van der Waals surface area contributed by atoms with E-state index in [1.165, 1.54) is 25.7 Å². The minimum atomic E-state index is -0.322. The topological polar surface area (TPSA) is 58.4 Å². The molecule has 1 heterocycles. The van der Waals surface area contributed by atoms with Gasteiger partial charge in [0.05, 0.1) is 4.92 Å². The molecule has 1 aliphatic rings. The van der Waals surface area contributed by atoms with Crippen molar-refractivity contribution in [3.63, 3.8) is 0 Å². The lowest BCUT2D eigenvalue weighted by atomic mass is 9.99. The van der Waals surface area contributed by atoms with Crippen LogP contribution in [0, 0.1) is 10.1 Å². The summed E-state index contributed by atoms with van der Waals surface area (Å²) >= 11 is 0. The van der Waals surface area contributed by atoms with Gasteiger partial charge >= 0.3 is 0 Å². The molecule has 0 radical (unpaired) electrons. The third-order valence-electron chi connectivity index (χ3n) is 4.23. The maximum Gasteiger partial charge on any atom is 0.292 e. The fourth-order valence-electron chi connectivity index (χ4n) is 3.14. The molecule has 21 heavy (non-hydrogen) atoms. The van der Waals surface area contributed by atoms with E-state index in [2.05, 4.69) is 17.1 Å². The molecule has 1 unspecified atom stereocenters. The highest BCUT2D eigenvalue weighted by Crippen LogP contribution is 2.28. The van der Waals surface area contributed by atoms with E-state index in [4.69, 9.17) is 0 Å². The van der Waals surface area contributed by atoms with E-state index in [9.17, 15) is 10.1 Å². The molecule has 1 saturated heterocycles. The summed E-state index contributed by atoms with van der Waals surface area (Å²) < 4.78 is 0. The van der Waals surface area contributed by atoms with Gasteiger partial charge < -0.3 is 5.32 Å². The predicted molar refractivity (Wildman–Crippen MR) is 85.6 cm³/mol. The van der Waals surface area contributed by atoms with Crippen LogP contribution in [0.4, 0.5) is 11.4 Å². The van der Waals surface area contributed by atoms with Gasteiger partial charge in [0, 0.05) is 25.2 Å². The number of rotatable bonds is 6.